The smallest absolute Gasteiger partial charge is 0.119 e. The summed E-state index contributed by atoms with van der Waals surface area (Å²) >= 11 is 5.87. The van der Waals surface area contributed by atoms with Gasteiger partial charge in [-0.2, -0.15) is 0 Å². The van der Waals surface area contributed by atoms with Gasteiger partial charge in [0.15, 0.2) is 0 Å². The Kier molecular flexibility index (Phi) is 2.88. The van der Waals surface area contributed by atoms with E-state index in [4.69, 9.17) is 16.3 Å². The first kappa shape index (κ1) is 9.99. The lowest BCUT2D eigenvalue weighted by Crippen LogP contribution is -1.84. The number of rotatable bonds is 2. The molecule has 2 nitrogen and oxygen atoms in total. The number of hydrogen-bond acceptors (Lipinski definition) is 2. The van der Waals surface area contributed by atoms with Gasteiger partial charge in [0.05, 0.1) is 12.1 Å². The summed E-state index contributed by atoms with van der Waals surface area (Å²) in [6.07, 6.45) is 3.39. The van der Waals surface area contributed by atoms with E-state index in [1.807, 2.05) is 30.3 Å². The summed E-state index contributed by atoms with van der Waals surface area (Å²) < 4.78 is 5.15. The Labute approximate surface area is 93.5 Å². The summed E-state index contributed by atoms with van der Waals surface area (Å²) in [4.78, 5) is 4.04. The van der Waals surface area contributed by atoms with E-state index in [2.05, 4.69) is 4.98 Å². The third-order valence-corrected chi connectivity index (χ3v) is 2.31. The van der Waals surface area contributed by atoms with Gasteiger partial charge in [0.25, 0.3) is 0 Å². The first-order chi connectivity index (χ1) is 7.29. The van der Waals surface area contributed by atoms with Crippen molar-refractivity contribution in [2.75, 3.05) is 7.11 Å². The standard InChI is InChI=1S/C12H10ClNO/c1-15-12-4-2-3-9(6-12)10-5-11(13)8-14-7-10/h2-8H,1H3. The van der Waals surface area contributed by atoms with Crippen molar-refractivity contribution in [3.05, 3.63) is 47.7 Å². The van der Waals surface area contributed by atoms with E-state index in [1.54, 1.807) is 19.5 Å². The molecule has 1 aromatic heterocycles. The minimum Gasteiger partial charge on any atom is -0.497 e. The van der Waals surface area contributed by atoms with Crippen LogP contribution in [0.25, 0.3) is 11.1 Å². The molecular weight excluding hydrogens is 210 g/mol. The highest BCUT2D eigenvalue weighted by molar-refractivity contribution is 6.30. The number of pyridine rings is 1. The summed E-state index contributed by atoms with van der Waals surface area (Å²) in [5, 5.41) is 0.635. The zero-order valence-corrected chi connectivity index (χ0v) is 9.03. The molecule has 1 aromatic carbocycles. The van der Waals surface area contributed by atoms with Crippen LogP contribution < -0.4 is 4.74 Å². The fraction of sp³-hybridized carbons (Fsp3) is 0.0833. The average Bonchev–Trinajstić information content (AvgIpc) is 2.29. The molecule has 2 aromatic rings. The summed E-state index contributed by atoms with van der Waals surface area (Å²) in [5.41, 5.74) is 2.03. The van der Waals surface area contributed by atoms with Crippen molar-refractivity contribution < 1.29 is 4.74 Å². The third-order valence-electron chi connectivity index (χ3n) is 2.11. The van der Waals surface area contributed by atoms with Crippen molar-refractivity contribution in [1.29, 1.82) is 0 Å². The molecule has 0 aliphatic carbocycles. The molecular formula is C12H10ClNO. The van der Waals surface area contributed by atoms with Gasteiger partial charge in [0, 0.05) is 18.0 Å². The van der Waals surface area contributed by atoms with E-state index in [1.165, 1.54) is 0 Å². The van der Waals surface area contributed by atoms with Crippen LogP contribution in [-0.4, -0.2) is 12.1 Å². The molecule has 15 heavy (non-hydrogen) atoms. The second kappa shape index (κ2) is 4.32. The van der Waals surface area contributed by atoms with Gasteiger partial charge in [-0.25, -0.2) is 0 Å². The zero-order chi connectivity index (χ0) is 10.7. The number of nitrogens with zero attached hydrogens (tertiary/aromatic N) is 1. The van der Waals surface area contributed by atoms with Gasteiger partial charge in [0.2, 0.25) is 0 Å². The van der Waals surface area contributed by atoms with Crippen molar-refractivity contribution in [3.63, 3.8) is 0 Å². The van der Waals surface area contributed by atoms with E-state index in [9.17, 15) is 0 Å². The summed E-state index contributed by atoms with van der Waals surface area (Å²) in [5.74, 6) is 0.826. The lowest BCUT2D eigenvalue weighted by Gasteiger charge is -2.04. The highest BCUT2D eigenvalue weighted by Gasteiger charge is 2.00. The Morgan fingerprint density at radius 3 is 2.73 bits per heavy atom. The van der Waals surface area contributed by atoms with Crippen LogP contribution in [-0.2, 0) is 0 Å². The fourth-order valence-corrected chi connectivity index (χ4v) is 1.55. The Morgan fingerprint density at radius 2 is 2.00 bits per heavy atom. The van der Waals surface area contributed by atoms with E-state index in [0.29, 0.717) is 5.02 Å². The Hall–Kier alpha value is -1.54. The number of benzene rings is 1. The third kappa shape index (κ3) is 2.28. The molecule has 0 atom stereocenters. The second-order valence-electron chi connectivity index (χ2n) is 3.12. The Morgan fingerprint density at radius 1 is 1.13 bits per heavy atom. The normalized spacial score (nSPS) is 10.0. The topological polar surface area (TPSA) is 22.1 Å². The van der Waals surface area contributed by atoms with Gasteiger partial charge < -0.3 is 4.74 Å². The van der Waals surface area contributed by atoms with Crippen molar-refractivity contribution >= 4 is 11.6 Å². The number of methoxy groups -OCH3 is 1. The highest BCUT2D eigenvalue weighted by atomic mass is 35.5. The Bertz CT molecular complexity index is 471. The van der Waals surface area contributed by atoms with Gasteiger partial charge in [-0.1, -0.05) is 23.7 Å². The maximum atomic E-state index is 5.87. The van der Waals surface area contributed by atoms with Crippen LogP contribution in [0.5, 0.6) is 5.75 Å². The molecule has 0 bridgehead atoms. The molecule has 0 radical (unpaired) electrons. The predicted molar refractivity (Wildman–Crippen MR) is 61.2 cm³/mol. The molecule has 0 aliphatic rings. The first-order valence-corrected chi connectivity index (χ1v) is 4.92. The van der Waals surface area contributed by atoms with Crippen molar-refractivity contribution in [2.45, 2.75) is 0 Å². The number of hydrogen-bond donors (Lipinski definition) is 0. The first-order valence-electron chi connectivity index (χ1n) is 4.54. The van der Waals surface area contributed by atoms with Gasteiger partial charge >= 0.3 is 0 Å². The molecule has 0 saturated heterocycles. The SMILES string of the molecule is COc1cccc(-c2cncc(Cl)c2)c1. The van der Waals surface area contributed by atoms with Crippen LogP contribution in [0, 0.1) is 0 Å². The van der Waals surface area contributed by atoms with Crippen molar-refractivity contribution in [2.24, 2.45) is 0 Å². The van der Waals surface area contributed by atoms with Crippen molar-refractivity contribution in [1.82, 2.24) is 4.98 Å². The largest absolute Gasteiger partial charge is 0.497 e. The molecule has 0 fully saturated rings. The molecule has 0 amide bonds. The van der Waals surface area contributed by atoms with Crippen LogP contribution in [0.15, 0.2) is 42.7 Å². The number of aromatic nitrogens is 1. The summed E-state index contributed by atoms with van der Waals surface area (Å²) in [6.45, 7) is 0. The van der Waals surface area contributed by atoms with E-state index in [0.717, 1.165) is 16.9 Å². The minimum atomic E-state index is 0.635. The van der Waals surface area contributed by atoms with E-state index >= 15 is 0 Å². The molecule has 0 N–H and O–H groups in total. The average molecular weight is 220 g/mol. The molecule has 76 valence electrons. The number of halogens is 1. The highest BCUT2D eigenvalue weighted by Crippen LogP contribution is 2.24. The lowest BCUT2D eigenvalue weighted by atomic mass is 10.1. The molecule has 1 heterocycles. The van der Waals surface area contributed by atoms with E-state index < -0.39 is 0 Å². The van der Waals surface area contributed by atoms with Gasteiger partial charge in [-0.05, 0) is 23.8 Å². The quantitative estimate of drug-likeness (QED) is 0.772. The van der Waals surface area contributed by atoms with Crippen LogP contribution in [0.2, 0.25) is 5.02 Å². The zero-order valence-electron chi connectivity index (χ0n) is 8.27. The molecule has 3 heteroatoms. The van der Waals surface area contributed by atoms with Crippen LogP contribution in [0.3, 0.4) is 0 Å². The van der Waals surface area contributed by atoms with Crippen molar-refractivity contribution in [3.8, 4) is 16.9 Å². The second-order valence-corrected chi connectivity index (χ2v) is 3.56. The molecule has 0 aliphatic heterocycles. The van der Waals surface area contributed by atoms with Gasteiger partial charge in [-0.15, -0.1) is 0 Å². The van der Waals surface area contributed by atoms with Gasteiger partial charge in [-0.3, -0.25) is 4.98 Å². The van der Waals surface area contributed by atoms with Crippen LogP contribution in [0.1, 0.15) is 0 Å². The molecule has 0 spiro atoms. The van der Waals surface area contributed by atoms with Crippen LogP contribution in [0.4, 0.5) is 0 Å². The summed E-state index contributed by atoms with van der Waals surface area (Å²) in [6, 6.07) is 9.67. The minimum absolute atomic E-state index is 0.635. The van der Waals surface area contributed by atoms with Crippen LogP contribution >= 0.6 is 11.6 Å². The Balaban J connectivity index is 2.44. The lowest BCUT2D eigenvalue weighted by molar-refractivity contribution is 0.415. The monoisotopic (exact) mass is 219 g/mol. The van der Waals surface area contributed by atoms with E-state index in [-0.39, 0.29) is 0 Å². The fourth-order valence-electron chi connectivity index (χ4n) is 1.37. The maximum Gasteiger partial charge on any atom is 0.119 e. The maximum absolute atomic E-state index is 5.87. The predicted octanol–water partition coefficient (Wildman–Crippen LogP) is 3.41. The summed E-state index contributed by atoms with van der Waals surface area (Å²) in [7, 11) is 1.65. The number of ether oxygens (including phenoxy) is 1. The van der Waals surface area contributed by atoms with Gasteiger partial charge in [0.1, 0.15) is 5.75 Å². The molecule has 0 unspecified atom stereocenters. The molecule has 2 rings (SSSR count). The molecule has 0 saturated carbocycles.